The Morgan fingerprint density at radius 1 is 1.22 bits per heavy atom. The van der Waals surface area contributed by atoms with Gasteiger partial charge in [-0.3, -0.25) is 0 Å². The summed E-state index contributed by atoms with van der Waals surface area (Å²) in [6, 6.07) is 8.21. The summed E-state index contributed by atoms with van der Waals surface area (Å²) in [4.78, 5) is 8.58. The Morgan fingerprint density at radius 3 is 2.67 bits per heavy atom. The molecule has 0 saturated heterocycles. The Bertz CT molecular complexity index is 540. The molecule has 0 spiro atoms. The molecule has 0 saturated carbocycles. The highest BCUT2D eigenvalue weighted by Crippen LogP contribution is 2.22. The fraction of sp³-hybridized carbons (Fsp3) is 0.286. The minimum absolute atomic E-state index is 0.390. The van der Waals surface area contributed by atoms with Crippen LogP contribution in [0.25, 0.3) is 0 Å². The first-order chi connectivity index (χ1) is 8.70. The van der Waals surface area contributed by atoms with Crippen LogP contribution >= 0.6 is 0 Å². The van der Waals surface area contributed by atoms with Crippen LogP contribution in [0, 0.1) is 13.8 Å². The van der Waals surface area contributed by atoms with Crippen molar-refractivity contribution in [2.24, 2.45) is 0 Å². The van der Waals surface area contributed by atoms with Gasteiger partial charge in [-0.15, -0.1) is 0 Å². The van der Waals surface area contributed by atoms with Crippen LogP contribution in [0.5, 0.6) is 11.8 Å². The van der Waals surface area contributed by atoms with E-state index < -0.39 is 0 Å². The number of aromatic nitrogens is 2. The fourth-order valence-corrected chi connectivity index (χ4v) is 1.65. The standard InChI is InChI=1S/C14H17N3O/c1-10-6-4-5-7-13(10)18-14-16-9-12(8-15-3)11(2)17-14/h4-7,9,15H,8H2,1-3H3. The van der Waals surface area contributed by atoms with E-state index in [-0.39, 0.29) is 0 Å². The third kappa shape index (κ3) is 2.84. The van der Waals surface area contributed by atoms with Crippen molar-refractivity contribution in [2.75, 3.05) is 7.05 Å². The smallest absolute Gasteiger partial charge is 0.322 e. The Morgan fingerprint density at radius 2 is 2.00 bits per heavy atom. The van der Waals surface area contributed by atoms with Crippen molar-refractivity contribution in [3.05, 3.63) is 47.3 Å². The van der Waals surface area contributed by atoms with Crippen molar-refractivity contribution in [3.8, 4) is 11.8 Å². The quantitative estimate of drug-likeness (QED) is 0.896. The van der Waals surface area contributed by atoms with Gasteiger partial charge in [0, 0.05) is 24.0 Å². The zero-order valence-corrected chi connectivity index (χ0v) is 10.9. The Hall–Kier alpha value is -1.94. The SMILES string of the molecule is CNCc1cnc(Oc2ccccc2C)nc1C. The van der Waals surface area contributed by atoms with Crippen molar-refractivity contribution in [3.63, 3.8) is 0 Å². The van der Waals surface area contributed by atoms with E-state index in [9.17, 15) is 0 Å². The number of hydrogen-bond donors (Lipinski definition) is 1. The second-order valence-corrected chi connectivity index (χ2v) is 4.16. The van der Waals surface area contributed by atoms with E-state index in [1.54, 1.807) is 6.20 Å². The zero-order valence-electron chi connectivity index (χ0n) is 10.9. The number of benzene rings is 1. The van der Waals surface area contributed by atoms with Crippen LogP contribution in [0.15, 0.2) is 30.5 Å². The molecule has 0 atom stereocenters. The summed E-state index contributed by atoms with van der Waals surface area (Å²) in [7, 11) is 1.90. The molecule has 0 aliphatic carbocycles. The van der Waals surface area contributed by atoms with Crippen LogP contribution in [0.4, 0.5) is 0 Å². The second-order valence-electron chi connectivity index (χ2n) is 4.16. The number of rotatable bonds is 4. The summed E-state index contributed by atoms with van der Waals surface area (Å²) in [5, 5.41) is 3.08. The Labute approximate surface area is 107 Å². The van der Waals surface area contributed by atoms with Gasteiger partial charge in [-0.25, -0.2) is 4.98 Å². The predicted octanol–water partition coefficient (Wildman–Crippen LogP) is 2.61. The molecule has 0 aliphatic heterocycles. The van der Waals surface area contributed by atoms with Gasteiger partial charge in [0.15, 0.2) is 0 Å². The molecule has 1 N–H and O–H groups in total. The zero-order chi connectivity index (χ0) is 13.0. The minimum Gasteiger partial charge on any atom is -0.424 e. The van der Waals surface area contributed by atoms with Gasteiger partial charge in [0.25, 0.3) is 0 Å². The number of ether oxygens (including phenoxy) is 1. The Kier molecular flexibility index (Phi) is 3.89. The number of para-hydroxylation sites is 1. The van der Waals surface area contributed by atoms with Crippen molar-refractivity contribution >= 4 is 0 Å². The number of hydrogen-bond acceptors (Lipinski definition) is 4. The Balaban J connectivity index is 2.20. The fourth-order valence-electron chi connectivity index (χ4n) is 1.65. The van der Waals surface area contributed by atoms with Crippen LogP contribution in [0.2, 0.25) is 0 Å². The van der Waals surface area contributed by atoms with Gasteiger partial charge >= 0.3 is 6.01 Å². The van der Waals surface area contributed by atoms with Gasteiger partial charge in [0.1, 0.15) is 5.75 Å². The summed E-state index contributed by atoms with van der Waals surface area (Å²) in [5.41, 5.74) is 3.08. The van der Waals surface area contributed by atoms with Gasteiger partial charge < -0.3 is 10.1 Å². The molecule has 1 aromatic heterocycles. The van der Waals surface area contributed by atoms with Crippen LogP contribution < -0.4 is 10.1 Å². The highest BCUT2D eigenvalue weighted by Gasteiger charge is 2.06. The van der Waals surface area contributed by atoms with E-state index >= 15 is 0 Å². The highest BCUT2D eigenvalue weighted by atomic mass is 16.5. The van der Waals surface area contributed by atoms with Gasteiger partial charge in [0.05, 0.1) is 0 Å². The first-order valence-corrected chi connectivity index (χ1v) is 5.91. The predicted molar refractivity (Wildman–Crippen MR) is 70.8 cm³/mol. The molecule has 0 aliphatic rings. The van der Waals surface area contributed by atoms with Crippen LogP contribution in [-0.4, -0.2) is 17.0 Å². The lowest BCUT2D eigenvalue weighted by Gasteiger charge is -2.09. The van der Waals surface area contributed by atoms with E-state index in [0.717, 1.165) is 29.1 Å². The third-order valence-corrected chi connectivity index (χ3v) is 2.72. The van der Waals surface area contributed by atoms with E-state index in [2.05, 4.69) is 15.3 Å². The number of aryl methyl sites for hydroxylation is 2. The second kappa shape index (κ2) is 5.60. The maximum atomic E-state index is 5.68. The van der Waals surface area contributed by atoms with Crippen molar-refractivity contribution < 1.29 is 4.74 Å². The molecule has 0 bridgehead atoms. The summed E-state index contributed by atoms with van der Waals surface area (Å²) < 4.78 is 5.68. The van der Waals surface area contributed by atoms with E-state index in [4.69, 9.17) is 4.74 Å². The van der Waals surface area contributed by atoms with Gasteiger partial charge in [-0.1, -0.05) is 18.2 Å². The lowest BCUT2D eigenvalue weighted by molar-refractivity contribution is 0.436. The molecule has 2 rings (SSSR count). The molecule has 0 radical (unpaired) electrons. The normalized spacial score (nSPS) is 10.4. The van der Waals surface area contributed by atoms with Gasteiger partial charge in [-0.2, -0.15) is 4.98 Å². The minimum atomic E-state index is 0.390. The molecule has 0 unspecified atom stereocenters. The summed E-state index contributed by atoms with van der Waals surface area (Å²) in [5.74, 6) is 0.790. The molecule has 1 aromatic carbocycles. The first-order valence-electron chi connectivity index (χ1n) is 5.91. The van der Waals surface area contributed by atoms with Crippen molar-refractivity contribution in [2.45, 2.75) is 20.4 Å². The van der Waals surface area contributed by atoms with E-state index in [0.29, 0.717) is 6.01 Å². The molecule has 0 amide bonds. The van der Waals surface area contributed by atoms with Crippen LogP contribution in [0.1, 0.15) is 16.8 Å². The van der Waals surface area contributed by atoms with Crippen molar-refractivity contribution in [1.82, 2.24) is 15.3 Å². The molecule has 2 aromatic rings. The molecule has 18 heavy (non-hydrogen) atoms. The number of nitrogens with zero attached hydrogens (tertiary/aromatic N) is 2. The largest absolute Gasteiger partial charge is 0.424 e. The first kappa shape index (κ1) is 12.5. The maximum absolute atomic E-state index is 5.68. The van der Waals surface area contributed by atoms with Crippen molar-refractivity contribution in [1.29, 1.82) is 0 Å². The highest BCUT2D eigenvalue weighted by molar-refractivity contribution is 5.34. The van der Waals surface area contributed by atoms with E-state index in [1.165, 1.54) is 0 Å². The molecular formula is C14H17N3O. The average Bonchev–Trinajstić information content (AvgIpc) is 2.36. The topological polar surface area (TPSA) is 47.0 Å². The van der Waals surface area contributed by atoms with Crippen LogP contribution in [0.3, 0.4) is 0 Å². The maximum Gasteiger partial charge on any atom is 0.322 e. The molecule has 94 valence electrons. The third-order valence-electron chi connectivity index (χ3n) is 2.72. The van der Waals surface area contributed by atoms with Gasteiger partial charge in [-0.05, 0) is 32.5 Å². The van der Waals surface area contributed by atoms with Gasteiger partial charge in [0.2, 0.25) is 0 Å². The molecule has 0 fully saturated rings. The van der Waals surface area contributed by atoms with Crippen LogP contribution in [-0.2, 0) is 6.54 Å². The molecular weight excluding hydrogens is 226 g/mol. The lowest BCUT2D eigenvalue weighted by Crippen LogP contribution is -2.08. The summed E-state index contributed by atoms with van der Waals surface area (Å²) in [6.45, 7) is 4.72. The number of nitrogens with one attached hydrogen (secondary N) is 1. The molecule has 4 nitrogen and oxygen atoms in total. The van der Waals surface area contributed by atoms with E-state index in [1.807, 2.05) is 45.2 Å². The monoisotopic (exact) mass is 243 g/mol. The molecule has 1 heterocycles. The summed E-state index contributed by atoms with van der Waals surface area (Å²) in [6.07, 6.45) is 1.80. The summed E-state index contributed by atoms with van der Waals surface area (Å²) >= 11 is 0. The molecule has 4 heteroatoms. The average molecular weight is 243 g/mol. The lowest BCUT2D eigenvalue weighted by atomic mass is 10.2.